The lowest BCUT2D eigenvalue weighted by molar-refractivity contribution is -0.116. The van der Waals surface area contributed by atoms with Gasteiger partial charge in [0.15, 0.2) is 0 Å². The molecule has 0 saturated heterocycles. The second kappa shape index (κ2) is 9.84. The second-order valence-electron chi connectivity index (χ2n) is 4.70. The lowest BCUT2D eigenvalue weighted by Crippen LogP contribution is -2.21. The van der Waals surface area contributed by atoms with Crippen LogP contribution < -0.4 is 5.32 Å². The molecule has 0 radical (unpaired) electrons. The summed E-state index contributed by atoms with van der Waals surface area (Å²) < 4.78 is 0. The van der Waals surface area contributed by atoms with Gasteiger partial charge >= 0.3 is 0 Å². The maximum Gasteiger partial charge on any atom is 0.243 e. The van der Waals surface area contributed by atoms with Gasteiger partial charge in [-0.25, -0.2) is 0 Å². The van der Waals surface area contributed by atoms with Crippen molar-refractivity contribution < 1.29 is 4.79 Å². The van der Waals surface area contributed by atoms with Crippen molar-refractivity contribution in [3.8, 4) is 0 Å². The molecule has 0 aliphatic rings. The van der Waals surface area contributed by atoms with Crippen LogP contribution in [0.1, 0.15) is 44.6 Å². The first-order valence-electron chi connectivity index (χ1n) is 7.04. The van der Waals surface area contributed by atoms with Crippen LogP contribution in [-0.2, 0) is 4.79 Å². The molecule has 0 aromatic heterocycles. The van der Waals surface area contributed by atoms with Crippen molar-refractivity contribution in [2.24, 2.45) is 0 Å². The van der Waals surface area contributed by atoms with E-state index in [0.717, 1.165) is 18.5 Å². The summed E-state index contributed by atoms with van der Waals surface area (Å²) in [5.74, 6) is -0.0912. The molecule has 0 aliphatic carbocycles. The first-order valence-corrected chi connectivity index (χ1v) is 7.80. The van der Waals surface area contributed by atoms with E-state index in [1.807, 2.05) is 0 Å². The summed E-state index contributed by atoms with van der Waals surface area (Å²) in [6.07, 6.45) is 9.14. The lowest BCUT2D eigenvalue weighted by Gasteiger charge is -2.02. The van der Waals surface area contributed by atoms with Gasteiger partial charge < -0.3 is 5.32 Å². The number of rotatable bonds is 8. The molecule has 0 heterocycles. The quantitative estimate of drug-likeness (QED) is 0.525. The van der Waals surface area contributed by atoms with Gasteiger partial charge in [0.2, 0.25) is 5.91 Å². The molecule has 110 valence electrons. The van der Waals surface area contributed by atoms with Gasteiger partial charge in [0.25, 0.3) is 0 Å². The zero-order chi connectivity index (χ0) is 14.8. The van der Waals surface area contributed by atoms with E-state index in [9.17, 15) is 4.79 Å². The topological polar surface area (TPSA) is 29.1 Å². The minimum atomic E-state index is -0.0912. The maximum atomic E-state index is 11.6. The molecule has 0 aliphatic heterocycles. The third-order valence-corrected chi connectivity index (χ3v) is 3.52. The average Bonchev–Trinajstić information content (AvgIpc) is 2.41. The maximum absolute atomic E-state index is 11.6. The molecule has 1 N–H and O–H groups in total. The number of unbranched alkanes of at least 4 members (excludes halogenated alkanes) is 4. The highest BCUT2D eigenvalue weighted by atomic mass is 35.5. The Morgan fingerprint density at radius 2 is 1.95 bits per heavy atom. The van der Waals surface area contributed by atoms with Crippen LogP contribution in [0.4, 0.5) is 0 Å². The SMILES string of the molecule is CCCCCCCNC(=O)C=Cc1ccc(Cl)cc1Cl. The Balaban J connectivity index is 2.29. The highest BCUT2D eigenvalue weighted by Gasteiger charge is 1.99. The van der Waals surface area contributed by atoms with Crippen molar-refractivity contribution in [1.29, 1.82) is 0 Å². The fourth-order valence-corrected chi connectivity index (χ4v) is 2.27. The summed E-state index contributed by atoms with van der Waals surface area (Å²) in [7, 11) is 0. The lowest BCUT2D eigenvalue weighted by atomic mass is 10.1. The van der Waals surface area contributed by atoms with Crippen LogP contribution in [0.25, 0.3) is 6.08 Å². The van der Waals surface area contributed by atoms with Gasteiger partial charge in [-0.15, -0.1) is 0 Å². The molecule has 1 aromatic carbocycles. The summed E-state index contributed by atoms with van der Waals surface area (Å²) in [5, 5.41) is 4.00. The fraction of sp³-hybridized carbons (Fsp3) is 0.438. The zero-order valence-electron chi connectivity index (χ0n) is 11.8. The van der Waals surface area contributed by atoms with E-state index >= 15 is 0 Å². The molecular weight excluding hydrogens is 293 g/mol. The summed E-state index contributed by atoms with van der Waals surface area (Å²) in [5.41, 5.74) is 0.786. The van der Waals surface area contributed by atoms with Gasteiger partial charge in [-0.2, -0.15) is 0 Å². The summed E-state index contributed by atoms with van der Waals surface area (Å²) in [6, 6.07) is 5.20. The van der Waals surface area contributed by atoms with Crippen LogP contribution in [0.5, 0.6) is 0 Å². The molecule has 0 bridgehead atoms. The normalized spacial score (nSPS) is 10.9. The molecule has 1 rings (SSSR count). The van der Waals surface area contributed by atoms with Crippen LogP contribution in [0, 0.1) is 0 Å². The second-order valence-corrected chi connectivity index (χ2v) is 5.55. The number of hydrogen-bond acceptors (Lipinski definition) is 1. The van der Waals surface area contributed by atoms with E-state index < -0.39 is 0 Å². The van der Waals surface area contributed by atoms with Gasteiger partial charge in [0, 0.05) is 22.7 Å². The van der Waals surface area contributed by atoms with Crippen molar-refractivity contribution in [1.82, 2.24) is 5.32 Å². The molecule has 1 aromatic rings. The van der Waals surface area contributed by atoms with Gasteiger partial charge in [-0.3, -0.25) is 4.79 Å². The first-order chi connectivity index (χ1) is 9.63. The minimum absolute atomic E-state index is 0.0912. The van der Waals surface area contributed by atoms with Crippen LogP contribution in [0.15, 0.2) is 24.3 Å². The predicted molar refractivity (Wildman–Crippen MR) is 87.3 cm³/mol. The smallest absolute Gasteiger partial charge is 0.243 e. The van der Waals surface area contributed by atoms with Crippen molar-refractivity contribution in [2.75, 3.05) is 6.54 Å². The van der Waals surface area contributed by atoms with Crippen LogP contribution >= 0.6 is 23.2 Å². The Labute approximate surface area is 131 Å². The zero-order valence-corrected chi connectivity index (χ0v) is 13.3. The molecule has 0 spiro atoms. The Morgan fingerprint density at radius 3 is 2.65 bits per heavy atom. The van der Waals surface area contributed by atoms with Crippen LogP contribution in [-0.4, -0.2) is 12.5 Å². The Bertz CT molecular complexity index is 458. The van der Waals surface area contributed by atoms with E-state index in [1.165, 1.54) is 31.8 Å². The van der Waals surface area contributed by atoms with Crippen molar-refractivity contribution >= 4 is 35.2 Å². The molecule has 4 heteroatoms. The van der Waals surface area contributed by atoms with E-state index in [1.54, 1.807) is 24.3 Å². The number of nitrogens with one attached hydrogen (secondary N) is 1. The molecule has 0 saturated carbocycles. The van der Waals surface area contributed by atoms with Crippen LogP contribution in [0.2, 0.25) is 10.0 Å². The molecule has 20 heavy (non-hydrogen) atoms. The molecular formula is C16H21Cl2NO. The largest absolute Gasteiger partial charge is 0.353 e. The minimum Gasteiger partial charge on any atom is -0.353 e. The number of carbonyl (C=O) groups excluding carboxylic acids is 1. The number of benzene rings is 1. The molecule has 0 atom stereocenters. The average molecular weight is 314 g/mol. The molecule has 2 nitrogen and oxygen atoms in total. The highest BCUT2D eigenvalue weighted by molar-refractivity contribution is 6.35. The van der Waals surface area contributed by atoms with Crippen molar-refractivity contribution in [3.63, 3.8) is 0 Å². The summed E-state index contributed by atoms with van der Waals surface area (Å²) >= 11 is 11.8. The Kier molecular flexibility index (Phi) is 8.40. The standard InChI is InChI=1S/C16H21Cl2NO/c1-2-3-4-5-6-11-19-16(20)10-8-13-7-9-14(17)12-15(13)18/h7-10,12H,2-6,11H2,1H3,(H,19,20). The third kappa shape index (κ3) is 6.97. The highest BCUT2D eigenvalue weighted by Crippen LogP contribution is 2.21. The van der Waals surface area contributed by atoms with E-state index in [4.69, 9.17) is 23.2 Å². The summed E-state index contributed by atoms with van der Waals surface area (Å²) in [6.45, 7) is 2.91. The van der Waals surface area contributed by atoms with Gasteiger partial charge in [0.05, 0.1) is 0 Å². The van der Waals surface area contributed by atoms with E-state index in [0.29, 0.717) is 10.0 Å². The van der Waals surface area contributed by atoms with Gasteiger partial charge in [0.1, 0.15) is 0 Å². The molecule has 1 amide bonds. The van der Waals surface area contributed by atoms with Crippen molar-refractivity contribution in [3.05, 3.63) is 39.9 Å². The third-order valence-electron chi connectivity index (χ3n) is 2.96. The fourth-order valence-electron chi connectivity index (χ4n) is 1.80. The Hall–Kier alpha value is -0.990. The predicted octanol–water partition coefficient (Wildman–Crippen LogP) is 5.09. The van der Waals surface area contributed by atoms with E-state index in [-0.39, 0.29) is 5.91 Å². The number of halogens is 2. The first kappa shape index (κ1) is 17.1. The van der Waals surface area contributed by atoms with Crippen molar-refractivity contribution in [2.45, 2.75) is 39.0 Å². The summed E-state index contributed by atoms with van der Waals surface area (Å²) in [4.78, 5) is 11.6. The molecule has 0 fully saturated rings. The monoisotopic (exact) mass is 313 g/mol. The van der Waals surface area contributed by atoms with E-state index in [2.05, 4.69) is 12.2 Å². The van der Waals surface area contributed by atoms with Gasteiger partial charge in [-0.05, 0) is 30.2 Å². The van der Waals surface area contributed by atoms with Gasteiger partial charge in [-0.1, -0.05) is 61.9 Å². The molecule has 0 unspecified atom stereocenters. The number of hydrogen-bond donors (Lipinski definition) is 1. The van der Waals surface area contributed by atoms with Crippen LogP contribution in [0.3, 0.4) is 0 Å². The Morgan fingerprint density at radius 1 is 1.20 bits per heavy atom. The number of carbonyl (C=O) groups is 1. The number of amides is 1.